The van der Waals surface area contributed by atoms with Crippen molar-refractivity contribution in [2.24, 2.45) is 0 Å². The highest BCUT2D eigenvalue weighted by Gasteiger charge is 2.40. The zero-order chi connectivity index (χ0) is 20.7. The Bertz CT molecular complexity index is 825. The fraction of sp³-hybridized carbons (Fsp3) is 0.417. The summed E-state index contributed by atoms with van der Waals surface area (Å²) in [6.45, 7) is 2.82. The maximum absolute atomic E-state index is 13.1. The second-order valence-corrected chi connectivity index (χ2v) is 7.79. The normalized spacial score (nSPS) is 15.5. The second kappa shape index (κ2) is 9.68. The number of hydrogen-bond acceptors (Lipinski definition) is 2. The topological polar surface area (TPSA) is 58.2 Å². The van der Waals surface area contributed by atoms with Gasteiger partial charge in [-0.1, -0.05) is 44.7 Å². The molecular formula is C24H29FN2O2. The lowest BCUT2D eigenvalue weighted by Crippen LogP contribution is -2.46. The fourth-order valence-corrected chi connectivity index (χ4v) is 4.03. The van der Waals surface area contributed by atoms with Crippen molar-refractivity contribution in [2.75, 3.05) is 11.9 Å². The molecule has 0 atom stereocenters. The van der Waals surface area contributed by atoms with Gasteiger partial charge >= 0.3 is 0 Å². The highest BCUT2D eigenvalue weighted by atomic mass is 19.1. The number of nitrogens with one attached hydrogen (secondary N) is 2. The van der Waals surface area contributed by atoms with Crippen LogP contribution in [0.2, 0.25) is 0 Å². The molecule has 0 aromatic heterocycles. The Kier molecular flexibility index (Phi) is 7.02. The SMILES string of the molecule is CCCCNC(=O)C1(c2ccc(NC(=O)c3ccc(F)cc3)cc2)CCCCC1. The van der Waals surface area contributed by atoms with E-state index in [4.69, 9.17) is 0 Å². The van der Waals surface area contributed by atoms with Gasteiger partial charge in [-0.05, 0) is 61.2 Å². The fourth-order valence-electron chi connectivity index (χ4n) is 4.03. The van der Waals surface area contributed by atoms with Crippen LogP contribution in [-0.4, -0.2) is 18.4 Å². The Morgan fingerprint density at radius 3 is 2.24 bits per heavy atom. The van der Waals surface area contributed by atoms with E-state index in [9.17, 15) is 14.0 Å². The van der Waals surface area contributed by atoms with E-state index in [1.165, 1.54) is 24.3 Å². The molecule has 0 spiro atoms. The van der Waals surface area contributed by atoms with Crippen LogP contribution in [0.3, 0.4) is 0 Å². The molecule has 4 nitrogen and oxygen atoms in total. The molecule has 1 saturated carbocycles. The summed E-state index contributed by atoms with van der Waals surface area (Å²) < 4.78 is 13.0. The predicted octanol–water partition coefficient (Wildman–Crippen LogP) is 5.20. The van der Waals surface area contributed by atoms with Gasteiger partial charge in [-0.2, -0.15) is 0 Å². The summed E-state index contributed by atoms with van der Waals surface area (Å²) in [5.41, 5.74) is 1.58. The molecule has 0 radical (unpaired) electrons. The molecule has 5 heteroatoms. The van der Waals surface area contributed by atoms with Crippen LogP contribution in [0.4, 0.5) is 10.1 Å². The van der Waals surface area contributed by atoms with Crippen molar-refractivity contribution in [2.45, 2.75) is 57.3 Å². The number of carbonyl (C=O) groups is 2. The van der Waals surface area contributed by atoms with Gasteiger partial charge in [-0.25, -0.2) is 4.39 Å². The van der Waals surface area contributed by atoms with Crippen molar-refractivity contribution in [3.63, 3.8) is 0 Å². The molecule has 0 saturated heterocycles. The Balaban J connectivity index is 1.74. The quantitative estimate of drug-likeness (QED) is 0.632. The first-order valence-corrected chi connectivity index (χ1v) is 10.5. The van der Waals surface area contributed by atoms with E-state index in [0.29, 0.717) is 17.8 Å². The molecular weight excluding hydrogens is 367 g/mol. The van der Waals surface area contributed by atoms with Crippen LogP contribution in [0.15, 0.2) is 48.5 Å². The van der Waals surface area contributed by atoms with E-state index in [-0.39, 0.29) is 17.6 Å². The standard InChI is InChI=1S/C24H29FN2O2/c1-2-3-17-26-23(29)24(15-5-4-6-16-24)19-9-13-21(14-10-19)27-22(28)18-7-11-20(25)12-8-18/h7-14H,2-6,15-17H2,1H3,(H,26,29)(H,27,28). The molecule has 0 aliphatic heterocycles. The monoisotopic (exact) mass is 396 g/mol. The third kappa shape index (κ3) is 5.03. The van der Waals surface area contributed by atoms with E-state index < -0.39 is 5.41 Å². The van der Waals surface area contributed by atoms with Gasteiger partial charge in [-0.15, -0.1) is 0 Å². The number of rotatable bonds is 7. The molecule has 1 aliphatic carbocycles. The van der Waals surface area contributed by atoms with Gasteiger partial charge < -0.3 is 10.6 Å². The van der Waals surface area contributed by atoms with E-state index in [1.54, 1.807) is 0 Å². The average Bonchev–Trinajstić information content (AvgIpc) is 2.75. The van der Waals surface area contributed by atoms with Gasteiger partial charge in [-0.3, -0.25) is 9.59 Å². The van der Waals surface area contributed by atoms with Gasteiger partial charge in [0.05, 0.1) is 5.41 Å². The van der Waals surface area contributed by atoms with Gasteiger partial charge in [0.1, 0.15) is 5.82 Å². The number of unbranched alkanes of at least 4 members (excludes halogenated alkanes) is 1. The molecule has 3 rings (SSSR count). The highest BCUT2D eigenvalue weighted by molar-refractivity contribution is 6.04. The summed E-state index contributed by atoms with van der Waals surface area (Å²) in [4.78, 5) is 25.4. The van der Waals surface area contributed by atoms with Gasteiger partial charge in [0.2, 0.25) is 5.91 Å². The van der Waals surface area contributed by atoms with Crippen LogP contribution in [0.25, 0.3) is 0 Å². The number of hydrogen-bond donors (Lipinski definition) is 2. The molecule has 0 heterocycles. The van der Waals surface area contributed by atoms with Gasteiger partial charge in [0.25, 0.3) is 5.91 Å². The number of amides is 2. The summed E-state index contributed by atoms with van der Waals surface area (Å²) in [6, 6.07) is 13.0. The maximum atomic E-state index is 13.1. The second-order valence-electron chi connectivity index (χ2n) is 7.79. The Hall–Kier alpha value is -2.69. The van der Waals surface area contributed by atoms with Crippen molar-refractivity contribution in [3.8, 4) is 0 Å². The molecule has 1 aliphatic rings. The molecule has 2 amide bonds. The average molecular weight is 397 g/mol. The van der Waals surface area contributed by atoms with Crippen molar-refractivity contribution in [3.05, 3.63) is 65.5 Å². The lowest BCUT2D eigenvalue weighted by atomic mass is 9.68. The maximum Gasteiger partial charge on any atom is 0.255 e. The van der Waals surface area contributed by atoms with Gasteiger partial charge in [0, 0.05) is 17.8 Å². The summed E-state index contributed by atoms with van der Waals surface area (Å²) >= 11 is 0. The first-order chi connectivity index (χ1) is 14.0. The number of anilines is 1. The Morgan fingerprint density at radius 2 is 1.62 bits per heavy atom. The lowest BCUT2D eigenvalue weighted by molar-refractivity contribution is -0.128. The van der Waals surface area contributed by atoms with Crippen molar-refractivity contribution in [1.29, 1.82) is 0 Å². The van der Waals surface area contributed by atoms with E-state index in [0.717, 1.165) is 50.5 Å². The molecule has 2 N–H and O–H groups in total. The molecule has 0 unspecified atom stereocenters. The Morgan fingerprint density at radius 1 is 0.966 bits per heavy atom. The molecule has 1 fully saturated rings. The van der Waals surface area contributed by atoms with E-state index in [2.05, 4.69) is 17.6 Å². The van der Waals surface area contributed by atoms with Crippen LogP contribution in [0, 0.1) is 5.82 Å². The summed E-state index contributed by atoms with van der Waals surface area (Å²) in [5, 5.41) is 5.96. The van der Waals surface area contributed by atoms with Crippen LogP contribution in [-0.2, 0) is 10.2 Å². The molecule has 154 valence electrons. The molecule has 2 aromatic carbocycles. The largest absolute Gasteiger partial charge is 0.355 e. The van der Waals surface area contributed by atoms with Crippen LogP contribution < -0.4 is 10.6 Å². The first kappa shape index (κ1) is 21.0. The first-order valence-electron chi connectivity index (χ1n) is 10.5. The number of carbonyl (C=O) groups excluding carboxylic acids is 2. The minimum atomic E-state index is -0.481. The molecule has 29 heavy (non-hydrogen) atoms. The smallest absolute Gasteiger partial charge is 0.255 e. The highest BCUT2D eigenvalue weighted by Crippen LogP contribution is 2.40. The molecule has 0 bridgehead atoms. The zero-order valence-corrected chi connectivity index (χ0v) is 17.0. The van der Waals surface area contributed by atoms with Crippen LogP contribution >= 0.6 is 0 Å². The summed E-state index contributed by atoms with van der Waals surface area (Å²) in [7, 11) is 0. The van der Waals surface area contributed by atoms with Crippen molar-refractivity contribution in [1.82, 2.24) is 5.32 Å². The zero-order valence-electron chi connectivity index (χ0n) is 17.0. The van der Waals surface area contributed by atoms with Crippen LogP contribution in [0.1, 0.15) is 67.8 Å². The van der Waals surface area contributed by atoms with Crippen molar-refractivity contribution < 1.29 is 14.0 Å². The number of benzene rings is 2. The summed E-state index contributed by atoms with van der Waals surface area (Å²) in [6.07, 6.45) is 6.99. The van der Waals surface area contributed by atoms with Crippen molar-refractivity contribution >= 4 is 17.5 Å². The minimum absolute atomic E-state index is 0.119. The third-order valence-electron chi connectivity index (χ3n) is 5.76. The van der Waals surface area contributed by atoms with Gasteiger partial charge in [0.15, 0.2) is 0 Å². The number of halogens is 1. The third-order valence-corrected chi connectivity index (χ3v) is 5.76. The summed E-state index contributed by atoms with van der Waals surface area (Å²) in [5.74, 6) is -0.544. The minimum Gasteiger partial charge on any atom is -0.355 e. The van der Waals surface area contributed by atoms with E-state index >= 15 is 0 Å². The molecule has 2 aromatic rings. The predicted molar refractivity (Wildman–Crippen MR) is 113 cm³/mol. The Labute approximate surface area is 171 Å². The van der Waals surface area contributed by atoms with E-state index in [1.807, 2.05) is 24.3 Å². The van der Waals surface area contributed by atoms with Crippen LogP contribution in [0.5, 0.6) is 0 Å². The lowest BCUT2D eigenvalue weighted by Gasteiger charge is -2.36.